The molecular formula is C23H30N6O2. The molecule has 0 saturated heterocycles. The molecule has 3 heterocycles. The second-order valence-corrected chi connectivity index (χ2v) is 8.34. The minimum atomic E-state index is -0.201. The lowest BCUT2D eigenvalue weighted by atomic mass is 9.82. The van der Waals surface area contributed by atoms with Crippen molar-refractivity contribution >= 4 is 28.4 Å². The maximum Gasteiger partial charge on any atom is 0.223 e. The van der Waals surface area contributed by atoms with Crippen LogP contribution in [0.1, 0.15) is 49.8 Å². The van der Waals surface area contributed by atoms with Crippen LogP contribution < -0.4 is 10.6 Å². The Morgan fingerprint density at radius 2 is 1.97 bits per heavy atom. The first kappa shape index (κ1) is 21.4. The van der Waals surface area contributed by atoms with Gasteiger partial charge in [-0.3, -0.25) is 4.98 Å². The van der Waals surface area contributed by atoms with Crippen LogP contribution in [-0.2, 0) is 4.74 Å². The van der Waals surface area contributed by atoms with Gasteiger partial charge in [0.15, 0.2) is 0 Å². The molecule has 0 spiro atoms. The molecule has 0 aromatic carbocycles. The number of methoxy groups -OCH3 is 1. The number of aromatic nitrogens is 4. The summed E-state index contributed by atoms with van der Waals surface area (Å²) < 4.78 is 5.22. The molecule has 0 unspecified atom stereocenters. The number of nitrogens with one attached hydrogen (secondary N) is 2. The zero-order valence-electron chi connectivity index (χ0n) is 18.3. The van der Waals surface area contributed by atoms with Crippen LogP contribution in [0.2, 0.25) is 0 Å². The van der Waals surface area contributed by atoms with Gasteiger partial charge < -0.3 is 20.5 Å². The van der Waals surface area contributed by atoms with E-state index in [1.165, 1.54) is 0 Å². The number of aliphatic hydroxyl groups excluding tert-OH is 1. The normalized spacial score (nSPS) is 19.9. The third-order valence-corrected chi connectivity index (χ3v) is 5.74. The van der Waals surface area contributed by atoms with Crippen LogP contribution in [0, 0.1) is 6.92 Å². The summed E-state index contributed by atoms with van der Waals surface area (Å²) in [6.07, 6.45) is 8.81. The maximum atomic E-state index is 9.93. The number of anilines is 3. The Balaban J connectivity index is 1.73. The number of hydrogen-bond acceptors (Lipinski definition) is 8. The third kappa shape index (κ3) is 5.08. The highest BCUT2D eigenvalue weighted by molar-refractivity contribution is 5.93. The topological polar surface area (TPSA) is 105 Å². The molecule has 164 valence electrons. The van der Waals surface area contributed by atoms with Crippen LogP contribution >= 0.6 is 0 Å². The SMILES string of the molecule is COC[C@H](C)Nc1ncc2c(Nc3ccnc(C)c3)ncc([C@H]3CC[C@H](O)CC3)c2n1. The molecule has 0 aliphatic heterocycles. The van der Waals surface area contributed by atoms with Crippen LogP contribution in [0.4, 0.5) is 17.5 Å². The van der Waals surface area contributed by atoms with Gasteiger partial charge in [-0.15, -0.1) is 0 Å². The van der Waals surface area contributed by atoms with Crippen molar-refractivity contribution in [1.29, 1.82) is 0 Å². The lowest BCUT2D eigenvalue weighted by Gasteiger charge is -2.26. The molecule has 8 heteroatoms. The molecule has 1 aliphatic carbocycles. The van der Waals surface area contributed by atoms with Crippen LogP contribution in [0.5, 0.6) is 0 Å². The highest BCUT2D eigenvalue weighted by Crippen LogP contribution is 2.37. The molecule has 3 aromatic heterocycles. The molecule has 0 amide bonds. The van der Waals surface area contributed by atoms with Gasteiger partial charge in [-0.05, 0) is 57.6 Å². The number of ether oxygens (including phenoxy) is 1. The minimum absolute atomic E-state index is 0.0926. The Kier molecular flexibility index (Phi) is 6.58. The molecule has 3 aromatic rings. The summed E-state index contributed by atoms with van der Waals surface area (Å²) in [5, 5.41) is 17.5. The van der Waals surface area contributed by atoms with E-state index >= 15 is 0 Å². The minimum Gasteiger partial charge on any atom is -0.393 e. The van der Waals surface area contributed by atoms with E-state index in [0.717, 1.165) is 59.3 Å². The van der Waals surface area contributed by atoms with Gasteiger partial charge in [-0.25, -0.2) is 15.0 Å². The second kappa shape index (κ2) is 9.53. The predicted octanol–water partition coefficient (Wildman–Crippen LogP) is 3.94. The quantitative estimate of drug-likeness (QED) is 0.526. The lowest BCUT2D eigenvalue weighted by Crippen LogP contribution is -2.22. The molecule has 1 fully saturated rings. The molecule has 8 nitrogen and oxygen atoms in total. The van der Waals surface area contributed by atoms with Crippen LogP contribution in [0.15, 0.2) is 30.7 Å². The highest BCUT2D eigenvalue weighted by atomic mass is 16.5. The number of aryl methyl sites for hydroxylation is 1. The zero-order chi connectivity index (χ0) is 21.8. The molecule has 0 bridgehead atoms. The first-order valence-corrected chi connectivity index (χ1v) is 10.8. The summed E-state index contributed by atoms with van der Waals surface area (Å²) >= 11 is 0. The van der Waals surface area contributed by atoms with Gasteiger partial charge in [0.25, 0.3) is 0 Å². The van der Waals surface area contributed by atoms with Gasteiger partial charge in [-0.1, -0.05) is 0 Å². The number of pyridine rings is 2. The fraction of sp³-hybridized carbons (Fsp3) is 0.478. The molecule has 1 aliphatic rings. The Labute approximate surface area is 182 Å². The van der Waals surface area contributed by atoms with Crippen molar-refractivity contribution in [2.24, 2.45) is 0 Å². The summed E-state index contributed by atoms with van der Waals surface area (Å²) in [5.41, 5.74) is 3.86. The number of aliphatic hydroxyl groups is 1. The van der Waals surface area contributed by atoms with Crippen molar-refractivity contribution in [3.8, 4) is 0 Å². The fourth-order valence-corrected chi connectivity index (χ4v) is 4.17. The highest BCUT2D eigenvalue weighted by Gasteiger charge is 2.24. The van der Waals surface area contributed by atoms with E-state index in [4.69, 9.17) is 14.7 Å². The Morgan fingerprint density at radius 1 is 1.16 bits per heavy atom. The van der Waals surface area contributed by atoms with Crippen molar-refractivity contribution in [3.05, 3.63) is 42.0 Å². The molecular weight excluding hydrogens is 392 g/mol. The molecule has 1 atom stereocenters. The summed E-state index contributed by atoms with van der Waals surface area (Å²) in [7, 11) is 1.68. The zero-order valence-corrected chi connectivity index (χ0v) is 18.3. The van der Waals surface area contributed by atoms with E-state index in [1.807, 2.05) is 38.4 Å². The van der Waals surface area contributed by atoms with Crippen molar-refractivity contribution in [2.45, 2.75) is 57.6 Å². The van der Waals surface area contributed by atoms with Crippen LogP contribution in [0.3, 0.4) is 0 Å². The van der Waals surface area contributed by atoms with Crippen molar-refractivity contribution in [1.82, 2.24) is 19.9 Å². The maximum absolute atomic E-state index is 9.93. The summed E-state index contributed by atoms with van der Waals surface area (Å²) in [5.74, 6) is 1.62. The monoisotopic (exact) mass is 422 g/mol. The summed E-state index contributed by atoms with van der Waals surface area (Å²) in [6, 6.07) is 3.99. The van der Waals surface area contributed by atoms with Crippen molar-refractivity contribution in [3.63, 3.8) is 0 Å². The van der Waals surface area contributed by atoms with Crippen LogP contribution in [0.25, 0.3) is 10.9 Å². The van der Waals surface area contributed by atoms with Gasteiger partial charge in [0.1, 0.15) is 5.82 Å². The van der Waals surface area contributed by atoms with Gasteiger partial charge >= 0.3 is 0 Å². The standard InChI is InChI=1S/C23H30N6O2/c1-14-10-17(8-9-24-14)28-22-20-12-26-23(27-15(2)13-31-3)29-21(20)19(11-25-22)16-4-6-18(30)7-5-16/h8-12,15-16,18,30H,4-7,13H2,1-3H3,(H,24,25,28)(H,26,27,29)/t15-,16-,18-/m0/s1. The molecule has 31 heavy (non-hydrogen) atoms. The van der Waals surface area contributed by atoms with Gasteiger partial charge in [0.2, 0.25) is 5.95 Å². The smallest absolute Gasteiger partial charge is 0.223 e. The fourth-order valence-electron chi connectivity index (χ4n) is 4.17. The summed E-state index contributed by atoms with van der Waals surface area (Å²) in [6.45, 7) is 4.56. The van der Waals surface area contributed by atoms with E-state index in [2.05, 4.69) is 20.6 Å². The number of rotatable bonds is 7. The Bertz CT molecular complexity index is 1040. The third-order valence-electron chi connectivity index (χ3n) is 5.74. The second-order valence-electron chi connectivity index (χ2n) is 8.34. The van der Waals surface area contributed by atoms with Crippen molar-refractivity contribution < 1.29 is 9.84 Å². The molecule has 3 N–H and O–H groups in total. The lowest BCUT2D eigenvalue weighted by molar-refractivity contribution is 0.122. The average Bonchev–Trinajstić information content (AvgIpc) is 2.75. The number of fused-ring (bicyclic) bond motifs is 1. The van der Waals surface area contributed by atoms with E-state index in [0.29, 0.717) is 18.5 Å². The number of nitrogens with zero attached hydrogens (tertiary/aromatic N) is 4. The first-order valence-electron chi connectivity index (χ1n) is 10.8. The first-order chi connectivity index (χ1) is 15.0. The Morgan fingerprint density at radius 3 is 2.71 bits per heavy atom. The van der Waals surface area contributed by atoms with Gasteiger partial charge in [0.05, 0.1) is 23.6 Å². The summed E-state index contributed by atoms with van der Waals surface area (Å²) in [4.78, 5) is 18.4. The van der Waals surface area contributed by atoms with E-state index in [1.54, 1.807) is 13.3 Å². The van der Waals surface area contributed by atoms with E-state index in [9.17, 15) is 5.11 Å². The van der Waals surface area contributed by atoms with Gasteiger partial charge in [-0.2, -0.15) is 0 Å². The molecule has 0 radical (unpaired) electrons. The van der Waals surface area contributed by atoms with Crippen LogP contribution in [-0.4, -0.2) is 50.9 Å². The molecule has 1 saturated carbocycles. The van der Waals surface area contributed by atoms with Gasteiger partial charge in [0, 0.05) is 48.7 Å². The van der Waals surface area contributed by atoms with E-state index < -0.39 is 0 Å². The Hall–Kier alpha value is -2.84. The predicted molar refractivity (Wildman–Crippen MR) is 122 cm³/mol. The van der Waals surface area contributed by atoms with E-state index in [-0.39, 0.29) is 12.1 Å². The molecule has 4 rings (SSSR count). The van der Waals surface area contributed by atoms with Crippen molar-refractivity contribution in [2.75, 3.05) is 24.4 Å². The number of hydrogen-bond donors (Lipinski definition) is 3. The largest absolute Gasteiger partial charge is 0.393 e. The average molecular weight is 423 g/mol.